The minimum absolute atomic E-state index is 0.151. The summed E-state index contributed by atoms with van der Waals surface area (Å²) < 4.78 is 0. The molecule has 4 heteroatoms. The van der Waals surface area contributed by atoms with Gasteiger partial charge in [-0.15, -0.1) is 0 Å². The highest BCUT2D eigenvalue weighted by Gasteiger charge is 2.30. The third-order valence-electron chi connectivity index (χ3n) is 3.92. The smallest absolute Gasteiger partial charge is 0.227 e. The molecule has 0 saturated carbocycles. The lowest BCUT2D eigenvalue weighted by Crippen LogP contribution is -2.51. The van der Waals surface area contributed by atoms with Gasteiger partial charge in [0.05, 0.1) is 6.42 Å². The van der Waals surface area contributed by atoms with E-state index < -0.39 is 0 Å². The van der Waals surface area contributed by atoms with Crippen LogP contribution in [-0.2, 0) is 11.2 Å². The van der Waals surface area contributed by atoms with E-state index in [-0.39, 0.29) is 18.4 Å². The summed E-state index contributed by atoms with van der Waals surface area (Å²) in [5.74, 6) is 0.422. The van der Waals surface area contributed by atoms with Gasteiger partial charge in [-0.25, -0.2) is 0 Å². The van der Waals surface area contributed by atoms with Crippen LogP contribution in [0.4, 0.5) is 0 Å². The van der Waals surface area contributed by atoms with Crippen molar-refractivity contribution in [2.24, 2.45) is 5.92 Å². The van der Waals surface area contributed by atoms with E-state index in [0.29, 0.717) is 19.5 Å². The number of fused-ring (bicyclic) bond motifs is 1. The number of nitrogens with zero attached hydrogens (tertiary/aromatic N) is 1. The van der Waals surface area contributed by atoms with Crippen molar-refractivity contribution in [3.63, 3.8) is 0 Å². The monoisotopic (exact) mass is 258 g/mol. The zero-order chi connectivity index (χ0) is 13.4. The highest BCUT2D eigenvalue weighted by molar-refractivity contribution is 5.90. The average Bonchev–Trinajstić information content (AvgIpc) is 2.65. The Kier molecular flexibility index (Phi) is 3.03. The molecule has 3 rings (SSSR count). The molecule has 0 aliphatic carbocycles. The molecule has 19 heavy (non-hydrogen) atoms. The van der Waals surface area contributed by atoms with E-state index >= 15 is 0 Å². The lowest BCUT2D eigenvalue weighted by atomic mass is 9.99. The van der Waals surface area contributed by atoms with E-state index in [1.807, 2.05) is 36.1 Å². The SMILES string of the molecule is Cc1[nH]c2ccccc2c1CC(=O)N1CC(CO)C1. The van der Waals surface area contributed by atoms with Gasteiger partial charge in [0, 0.05) is 42.2 Å². The van der Waals surface area contributed by atoms with Crippen molar-refractivity contribution < 1.29 is 9.90 Å². The molecule has 0 unspecified atom stereocenters. The van der Waals surface area contributed by atoms with Crippen LogP contribution in [0.2, 0.25) is 0 Å². The first-order valence-corrected chi connectivity index (χ1v) is 6.64. The second-order valence-corrected chi connectivity index (χ2v) is 5.30. The van der Waals surface area contributed by atoms with Crippen LogP contribution in [0, 0.1) is 12.8 Å². The van der Waals surface area contributed by atoms with E-state index in [2.05, 4.69) is 4.98 Å². The van der Waals surface area contributed by atoms with Gasteiger partial charge in [-0.05, 0) is 18.6 Å². The number of amides is 1. The second-order valence-electron chi connectivity index (χ2n) is 5.30. The molecule has 4 nitrogen and oxygen atoms in total. The topological polar surface area (TPSA) is 56.3 Å². The summed E-state index contributed by atoms with van der Waals surface area (Å²) in [6, 6.07) is 8.07. The third-order valence-corrected chi connectivity index (χ3v) is 3.92. The molecule has 2 heterocycles. The van der Waals surface area contributed by atoms with Gasteiger partial charge in [0.1, 0.15) is 0 Å². The van der Waals surface area contributed by atoms with Crippen molar-refractivity contribution in [1.82, 2.24) is 9.88 Å². The molecule has 1 aliphatic rings. The number of carbonyl (C=O) groups is 1. The zero-order valence-corrected chi connectivity index (χ0v) is 11.0. The van der Waals surface area contributed by atoms with Crippen molar-refractivity contribution in [1.29, 1.82) is 0 Å². The number of likely N-dealkylation sites (tertiary alicyclic amines) is 1. The van der Waals surface area contributed by atoms with Gasteiger partial charge in [-0.2, -0.15) is 0 Å². The molecule has 2 aromatic rings. The lowest BCUT2D eigenvalue weighted by Gasteiger charge is -2.38. The number of hydrogen-bond acceptors (Lipinski definition) is 2. The van der Waals surface area contributed by atoms with Crippen LogP contribution in [0.15, 0.2) is 24.3 Å². The maximum Gasteiger partial charge on any atom is 0.227 e. The fourth-order valence-electron chi connectivity index (χ4n) is 2.71. The molecule has 0 atom stereocenters. The van der Waals surface area contributed by atoms with Gasteiger partial charge in [0.2, 0.25) is 5.91 Å². The Labute approximate surface area is 112 Å². The van der Waals surface area contributed by atoms with Crippen LogP contribution in [0.5, 0.6) is 0 Å². The van der Waals surface area contributed by atoms with Crippen molar-refractivity contribution in [3.8, 4) is 0 Å². The maximum atomic E-state index is 12.2. The number of para-hydroxylation sites is 1. The molecule has 0 spiro atoms. The van der Waals surface area contributed by atoms with Crippen molar-refractivity contribution in [2.45, 2.75) is 13.3 Å². The number of nitrogens with one attached hydrogen (secondary N) is 1. The molecule has 1 saturated heterocycles. The first kappa shape index (κ1) is 12.2. The summed E-state index contributed by atoms with van der Waals surface area (Å²) >= 11 is 0. The number of aromatic amines is 1. The van der Waals surface area contributed by atoms with E-state index in [4.69, 9.17) is 5.11 Å². The number of H-pyrrole nitrogens is 1. The number of benzene rings is 1. The Hall–Kier alpha value is -1.81. The van der Waals surface area contributed by atoms with Gasteiger partial charge in [-0.3, -0.25) is 4.79 Å². The number of aryl methyl sites for hydroxylation is 1. The minimum Gasteiger partial charge on any atom is -0.396 e. The lowest BCUT2D eigenvalue weighted by molar-refractivity contribution is -0.137. The van der Waals surface area contributed by atoms with E-state index in [1.165, 1.54) is 0 Å². The van der Waals surface area contributed by atoms with Crippen molar-refractivity contribution >= 4 is 16.8 Å². The Morgan fingerprint density at radius 3 is 2.89 bits per heavy atom. The first-order valence-electron chi connectivity index (χ1n) is 6.64. The Morgan fingerprint density at radius 1 is 1.42 bits per heavy atom. The van der Waals surface area contributed by atoms with Gasteiger partial charge in [0.15, 0.2) is 0 Å². The number of hydrogen-bond donors (Lipinski definition) is 2. The third kappa shape index (κ3) is 2.12. The number of rotatable bonds is 3. The molecule has 0 bridgehead atoms. The van der Waals surface area contributed by atoms with Gasteiger partial charge >= 0.3 is 0 Å². The molecule has 2 N–H and O–H groups in total. The van der Waals surface area contributed by atoms with E-state index in [1.54, 1.807) is 0 Å². The predicted molar refractivity (Wildman–Crippen MR) is 73.9 cm³/mol. The number of aliphatic hydroxyl groups excluding tert-OH is 1. The summed E-state index contributed by atoms with van der Waals surface area (Å²) in [5.41, 5.74) is 3.24. The number of carbonyl (C=O) groups excluding carboxylic acids is 1. The molecule has 100 valence electrons. The fraction of sp³-hybridized carbons (Fsp3) is 0.400. The molecule has 1 fully saturated rings. The summed E-state index contributed by atoms with van der Waals surface area (Å²) in [4.78, 5) is 17.3. The van der Waals surface area contributed by atoms with Crippen LogP contribution in [0.25, 0.3) is 10.9 Å². The summed E-state index contributed by atoms with van der Waals surface area (Å²) in [7, 11) is 0. The standard InChI is InChI=1S/C15H18N2O2/c1-10-13(12-4-2-3-5-14(12)16-10)6-15(19)17-7-11(8-17)9-18/h2-5,11,16,18H,6-9H2,1H3. The van der Waals surface area contributed by atoms with Gasteiger partial charge < -0.3 is 15.0 Å². The van der Waals surface area contributed by atoms with Crippen LogP contribution in [0.3, 0.4) is 0 Å². The summed E-state index contributed by atoms with van der Waals surface area (Å²) in [6.07, 6.45) is 0.438. The minimum atomic E-state index is 0.151. The highest BCUT2D eigenvalue weighted by atomic mass is 16.3. The Morgan fingerprint density at radius 2 is 2.16 bits per heavy atom. The average molecular weight is 258 g/mol. The van der Waals surface area contributed by atoms with Crippen molar-refractivity contribution in [2.75, 3.05) is 19.7 Å². The van der Waals surface area contributed by atoms with Crippen LogP contribution < -0.4 is 0 Å². The molecule has 0 radical (unpaired) electrons. The molecular formula is C15H18N2O2. The normalized spacial score (nSPS) is 15.8. The molecule has 1 amide bonds. The van der Waals surface area contributed by atoms with Gasteiger partial charge in [-0.1, -0.05) is 18.2 Å². The zero-order valence-electron chi connectivity index (χ0n) is 11.0. The molecule has 1 aliphatic heterocycles. The summed E-state index contributed by atoms with van der Waals surface area (Å²) in [6.45, 7) is 3.57. The summed E-state index contributed by atoms with van der Waals surface area (Å²) in [5, 5.41) is 10.1. The Balaban J connectivity index is 1.78. The quantitative estimate of drug-likeness (QED) is 0.876. The largest absolute Gasteiger partial charge is 0.396 e. The Bertz CT molecular complexity index is 612. The molecule has 1 aromatic carbocycles. The number of aromatic nitrogens is 1. The van der Waals surface area contributed by atoms with Crippen LogP contribution in [-0.4, -0.2) is 40.6 Å². The highest BCUT2D eigenvalue weighted by Crippen LogP contribution is 2.24. The van der Waals surface area contributed by atoms with E-state index in [9.17, 15) is 4.79 Å². The maximum absolute atomic E-state index is 12.2. The first-order chi connectivity index (χ1) is 9.19. The van der Waals surface area contributed by atoms with E-state index in [0.717, 1.165) is 22.2 Å². The van der Waals surface area contributed by atoms with Crippen LogP contribution in [0.1, 0.15) is 11.3 Å². The predicted octanol–water partition coefficient (Wildman–Crippen LogP) is 1.47. The van der Waals surface area contributed by atoms with Gasteiger partial charge in [0.25, 0.3) is 0 Å². The number of aliphatic hydroxyl groups is 1. The molecule has 1 aromatic heterocycles. The fourth-order valence-corrected chi connectivity index (χ4v) is 2.71. The molecular weight excluding hydrogens is 240 g/mol. The van der Waals surface area contributed by atoms with Crippen molar-refractivity contribution in [3.05, 3.63) is 35.5 Å². The second kappa shape index (κ2) is 4.70. The van der Waals surface area contributed by atoms with Crippen LogP contribution >= 0.6 is 0 Å².